The van der Waals surface area contributed by atoms with Crippen LogP contribution >= 0.6 is 23.2 Å². The summed E-state index contributed by atoms with van der Waals surface area (Å²) in [5.74, 6) is -1.72. The number of nitrogens with one attached hydrogen (secondary N) is 1. The van der Waals surface area contributed by atoms with Crippen LogP contribution in [0.2, 0.25) is 10.2 Å². The average Bonchev–Trinajstić information content (AvgIpc) is 2.54. The van der Waals surface area contributed by atoms with Crippen molar-refractivity contribution in [3.8, 4) is 0 Å². The number of amides is 1. The molecule has 1 heterocycles. The largest absolute Gasteiger partial charge is 0.452 e. The highest BCUT2D eigenvalue weighted by Gasteiger charge is 2.33. The SMILES string of the molecule is O=C(COC(=O)c1cccnc1Cl)Nc1ccc(Cl)c(C(F)(F)F)c1. The summed E-state index contributed by atoms with van der Waals surface area (Å²) in [5.41, 5.74) is -1.27. The average molecular weight is 393 g/mol. The highest BCUT2D eigenvalue weighted by Crippen LogP contribution is 2.36. The topological polar surface area (TPSA) is 68.3 Å². The maximum Gasteiger partial charge on any atom is 0.417 e. The van der Waals surface area contributed by atoms with Crippen molar-refractivity contribution in [2.24, 2.45) is 0 Å². The van der Waals surface area contributed by atoms with E-state index >= 15 is 0 Å². The fourth-order valence-electron chi connectivity index (χ4n) is 1.76. The molecule has 0 aliphatic carbocycles. The Morgan fingerprint density at radius 1 is 1.20 bits per heavy atom. The minimum atomic E-state index is -4.67. The van der Waals surface area contributed by atoms with Gasteiger partial charge in [-0.2, -0.15) is 13.2 Å². The minimum Gasteiger partial charge on any atom is -0.452 e. The predicted octanol–water partition coefficient (Wildman–Crippen LogP) is 4.20. The Labute approximate surface area is 149 Å². The van der Waals surface area contributed by atoms with E-state index in [4.69, 9.17) is 27.9 Å². The van der Waals surface area contributed by atoms with Gasteiger partial charge in [-0.1, -0.05) is 23.2 Å². The third kappa shape index (κ3) is 5.07. The van der Waals surface area contributed by atoms with Crippen molar-refractivity contribution in [3.63, 3.8) is 0 Å². The molecule has 1 N–H and O–H groups in total. The van der Waals surface area contributed by atoms with Crippen LogP contribution in [0.25, 0.3) is 0 Å². The molecular weight excluding hydrogens is 384 g/mol. The number of ether oxygens (including phenoxy) is 1. The second-order valence-electron chi connectivity index (χ2n) is 4.66. The number of rotatable bonds is 4. The molecule has 5 nitrogen and oxygen atoms in total. The fraction of sp³-hybridized carbons (Fsp3) is 0.133. The number of carbonyl (C=O) groups is 2. The number of carbonyl (C=O) groups excluding carboxylic acids is 2. The van der Waals surface area contributed by atoms with E-state index in [1.54, 1.807) is 0 Å². The van der Waals surface area contributed by atoms with Gasteiger partial charge in [-0.3, -0.25) is 4.79 Å². The molecule has 2 aromatic rings. The van der Waals surface area contributed by atoms with E-state index in [0.29, 0.717) is 6.07 Å². The quantitative estimate of drug-likeness (QED) is 0.625. The summed E-state index contributed by atoms with van der Waals surface area (Å²) in [7, 11) is 0. The van der Waals surface area contributed by atoms with E-state index in [-0.39, 0.29) is 16.4 Å². The molecule has 0 spiro atoms. The summed E-state index contributed by atoms with van der Waals surface area (Å²) >= 11 is 11.2. The normalized spacial score (nSPS) is 11.1. The number of benzene rings is 1. The lowest BCUT2D eigenvalue weighted by Crippen LogP contribution is -2.21. The Hall–Kier alpha value is -2.32. The van der Waals surface area contributed by atoms with E-state index in [2.05, 4.69) is 10.3 Å². The monoisotopic (exact) mass is 392 g/mol. The Bertz CT molecular complexity index is 813. The van der Waals surface area contributed by atoms with Gasteiger partial charge in [-0.15, -0.1) is 0 Å². The molecule has 0 aliphatic rings. The maximum absolute atomic E-state index is 12.8. The van der Waals surface area contributed by atoms with Gasteiger partial charge in [0.2, 0.25) is 0 Å². The molecule has 0 radical (unpaired) electrons. The zero-order valence-corrected chi connectivity index (χ0v) is 13.7. The number of hydrogen-bond donors (Lipinski definition) is 1. The Balaban J connectivity index is 1.99. The smallest absolute Gasteiger partial charge is 0.417 e. The van der Waals surface area contributed by atoms with E-state index in [9.17, 15) is 22.8 Å². The van der Waals surface area contributed by atoms with E-state index in [0.717, 1.165) is 6.07 Å². The van der Waals surface area contributed by atoms with Crippen LogP contribution in [0.5, 0.6) is 0 Å². The van der Waals surface area contributed by atoms with Gasteiger partial charge < -0.3 is 10.1 Å². The molecular formula is C15H9Cl2F3N2O3. The molecule has 132 valence electrons. The summed E-state index contributed by atoms with van der Waals surface area (Å²) in [4.78, 5) is 27.2. The lowest BCUT2D eigenvalue weighted by atomic mass is 10.2. The maximum atomic E-state index is 12.8. The third-order valence-electron chi connectivity index (χ3n) is 2.87. The predicted molar refractivity (Wildman–Crippen MR) is 84.6 cm³/mol. The molecule has 0 aliphatic heterocycles. The van der Waals surface area contributed by atoms with E-state index < -0.39 is 35.2 Å². The van der Waals surface area contributed by atoms with Crippen LogP contribution in [0.4, 0.5) is 18.9 Å². The molecule has 0 unspecified atom stereocenters. The van der Waals surface area contributed by atoms with Gasteiger partial charge in [0.15, 0.2) is 6.61 Å². The number of aromatic nitrogens is 1. The van der Waals surface area contributed by atoms with Gasteiger partial charge in [0.25, 0.3) is 5.91 Å². The van der Waals surface area contributed by atoms with Crippen molar-refractivity contribution in [2.75, 3.05) is 11.9 Å². The number of esters is 1. The highest BCUT2D eigenvalue weighted by atomic mass is 35.5. The first-order valence-corrected chi connectivity index (χ1v) is 7.38. The van der Waals surface area contributed by atoms with Crippen LogP contribution in [0, 0.1) is 0 Å². The fourth-order valence-corrected chi connectivity index (χ4v) is 2.19. The van der Waals surface area contributed by atoms with Crippen LogP contribution in [0.15, 0.2) is 36.5 Å². The molecule has 10 heteroatoms. The van der Waals surface area contributed by atoms with Crippen molar-refractivity contribution in [2.45, 2.75) is 6.18 Å². The first-order chi connectivity index (χ1) is 11.7. The van der Waals surface area contributed by atoms with Crippen LogP contribution in [0.3, 0.4) is 0 Å². The first kappa shape index (κ1) is 19.0. The Morgan fingerprint density at radius 3 is 2.56 bits per heavy atom. The standard InChI is InChI=1S/C15H9Cl2F3N2O3/c16-11-4-3-8(6-10(11)15(18,19)20)22-12(23)7-25-14(24)9-2-1-5-21-13(9)17/h1-6H,7H2,(H,22,23). The molecule has 1 amide bonds. The van der Waals surface area contributed by atoms with E-state index in [1.807, 2.05) is 0 Å². The zero-order chi connectivity index (χ0) is 18.6. The molecule has 0 atom stereocenters. The summed E-state index contributed by atoms with van der Waals surface area (Å²) < 4.78 is 43.0. The van der Waals surface area contributed by atoms with Crippen molar-refractivity contribution in [3.05, 3.63) is 57.8 Å². The van der Waals surface area contributed by atoms with Gasteiger partial charge >= 0.3 is 12.1 Å². The molecule has 1 aromatic carbocycles. The van der Waals surface area contributed by atoms with Gasteiger partial charge in [0, 0.05) is 11.9 Å². The van der Waals surface area contributed by atoms with Crippen LogP contribution in [0.1, 0.15) is 15.9 Å². The Kier molecular flexibility index (Phi) is 5.86. The lowest BCUT2D eigenvalue weighted by molar-refractivity contribution is -0.137. The van der Waals surface area contributed by atoms with Gasteiger partial charge in [0.1, 0.15) is 5.15 Å². The number of nitrogens with zero attached hydrogens (tertiary/aromatic N) is 1. The second kappa shape index (κ2) is 7.71. The minimum absolute atomic E-state index is 0.0391. The van der Waals surface area contributed by atoms with Crippen molar-refractivity contribution >= 4 is 40.8 Å². The van der Waals surface area contributed by atoms with Crippen molar-refractivity contribution < 1.29 is 27.5 Å². The first-order valence-electron chi connectivity index (χ1n) is 6.62. The molecule has 1 aromatic heterocycles. The molecule has 2 rings (SSSR count). The molecule has 25 heavy (non-hydrogen) atoms. The zero-order valence-electron chi connectivity index (χ0n) is 12.2. The Morgan fingerprint density at radius 2 is 1.92 bits per heavy atom. The summed E-state index contributed by atoms with van der Waals surface area (Å²) in [6, 6.07) is 5.68. The van der Waals surface area contributed by atoms with Crippen molar-refractivity contribution in [1.82, 2.24) is 4.98 Å². The number of hydrogen-bond acceptors (Lipinski definition) is 4. The van der Waals surface area contributed by atoms with E-state index in [1.165, 1.54) is 24.4 Å². The van der Waals surface area contributed by atoms with Crippen molar-refractivity contribution in [1.29, 1.82) is 0 Å². The van der Waals surface area contributed by atoms with Crippen LogP contribution in [-0.4, -0.2) is 23.5 Å². The lowest BCUT2D eigenvalue weighted by Gasteiger charge is -2.12. The molecule has 0 fully saturated rings. The highest BCUT2D eigenvalue weighted by molar-refractivity contribution is 6.32. The number of halogens is 5. The summed E-state index contributed by atoms with van der Waals surface area (Å²) in [6.45, 7) is -0.714. The number of anilines is 1. The molecule has 0 bridgehead atoms. The molecule has 0 saturated heterocycles. The van der Waals surface area contributed by atoms with Gasteiger partial charge in [-0.25, -0.2) is 9.78 Å². The summed E-state index contributed by atoms with van der Waals surface area (Å²) in [5, 5.41) is 1.59. The van der Waals surface area contributed by atoms with Gasteiger partial charge in [0.05, 0.1) is 16.1 Å². The van der Waals surface area contributed by atoms with Crippen LogP contribution in [-0.2, 0) is 15.7 Å². The second-order valence-corrected chi connectivity index (χ2v) is 5.42. The summed E-state index contributed by atoms with van der Waals surface area (Å²) in [6.07, 6.45) is -3.30. The van der Waals surface area contributed by atoms with Crippen LogP contribution < -0.4 is 5.32 Å². The third-order valence-corrected chi connectivity index (χ3v) is 3.50. The number of alkyl halides is 3. The molecule has 0 saturated carbocycles. The van der Waals surface area contributed by atoms with Gasteiger partial charge in [-0.05, 0) is 30.3 Å². The number of pyridine rings is 1.